The zero-order chi connectivity index (χ0) is 20.6. The number of hydrogen-bond donors (Lipinski definition) is 2. The summed E-state index contributed by atoms with van der Waals surface area (Å²) in [5, 5.41) is 5.77. The van der Waals surface area contributed by atoms with Crippen LogP contribution in [0.1, 0.15) is 50.7 Å². The van der Waals surface area contributed by atoms with Crippen LogP contribution in [-0.2, 0) is 22.4 Å². The Bertz CT molecular complexity index is 817. The number of anilines is 3. The number of nitrogens with zero attached hydrogens (tertiary/aromatic N) is 1. The van der Waals surface area contributed by atoms with Gasteiger partial charge in [-0.05, 0) is 67.5 Å². The second-order valence-electron chi connectivity index (χ2n) is 7.53. The molecule has 0 radical (unpaired) electrons. The van der Waals surface area contributed by atoms with Gasteiger partial charge >= 0.3 is 0 Å². The lowest BCUT2D eigenvalue weighted by Crippen LogP contribution is -2.29. The molecular weight excluding hydrogens is 362 g/mol. The highest BCUT2D eigenvalue weighted by molar-refractivity contribution is 6.08. The molecule has 2 N–H and O–H groups in total. The summed E-state index contributed by atoms with van der Waals surface area (Å²) in [7, 11) is 0. The summed E-state index contributed by atoms with van der Waals surface area (Å²) in [6, 6.07) is 13.9. The van der Waals surface area contributed by atoms with Crippen molar-refractivity contribution in [1.29, 1.82) is 0 Å². The van der Waals surface area contributed by atoms with Crippen molar-refractivity contribution in [3.05, 3.63) is 53.6 Å². The third kappa shape index (κ3) is 5.59. The van der Waals surface area contributed by atoms with E-state index >= 15 is 0 Å². The number of para-hydroxylation sites is 1. The van der Waals surface area contributed by atoms with E-state index in [1.807, 2.05) is 42.5 Å². The summed E-state index contributed by atoms with van der Waals surface area (Å²) < 4.78 is 0. The molecule has 0 saturated carbocycles. The van der Waals surface area contributed by atoms with Gasteiger partial charge in [0.25, 0.3) is 0 Å². The molecule has 0 atom stereocenters. The number of amides is 2. The molecule has 0 bridgehead atoms. The lowest BCUT2D eigenvalue weighted by atomic mass is 10.0. The van der Waals surface area contributed by atoms with Gasteiger partial charge in [0.2, 0.25) is 11.8 Å². The number of rotatable bonds is 7. The molecule has 0 unspecified atom stereocenters. The predicted molar refractivity (Wildman–Crippen MR) is 120 cm³/mol. The monoisotopic (exact) mass is 393 g/mol. The van der Waals surface area contributed by atoms with E-state index in [0.717, 1.165) is 42.7 Å². The summed E-state index contributed by atoms with van der Waals surface area (Å²) in [6.07, 6.45) is 5.23. The van der Waals surface area contributed by atoms with Crippen LogP contribution >= 0.6 is 0 Å². The second kappa shape index (κ2) is 10.1. The van der Waals surface area contributed by atoms with Gasteiger partial charge in [0, 0.05) is 30.2 Å². The minimum atomic E-state index is -0.305. The van der Waals surface area contributed by atoms with E-state index in [2.05, 4.69) is 29.4 Å². The van der Waals surface area contributed by atoms with Crippen LogP contribution in [-0.4, -0.2) is 24.9 Å². The van der Waals surface area contributed by atoms with Crippen LogP contribution in [0.25, 0.3) is 0 Å². The number of carbonyl (C=O) groups excluding carboxylic acids is 2. The smallest absolute Gasteiger partial charge is 0.233 e. The largest absolute Gasteiger partial charge is 0.372 e. The van der Waals surface area contributed by atoms with Gasteiger partial charge in [0.15, 0.2) is 0 Å². The summed E-state index contributed by atoms with van der Waals surface area (Å²) >= 11 is 0. The minimum Gasteiger partial charge on any atom is -0.372 e. The number of nitrogens with one attached hydrogen (secondary N) is 2. The molecule has 5 nitrogen and oxygen atoms in total. The van der Waals surface area contributed by atoms with Crippen molar-refractivity contribution in [3.8, 4) is 0 Å². The van der Waals surface area contributed by atoms with Crippen LogP contribution in [0, 0.1) is 0 Å². The van der Waals surface area contributed by atoms with Crippen molar-refractivity contribution < 1.29 is 9.59 Å². The van der Waals surface area contributed by atoms with E-state index in [0.29, 0.717) is 5.69 Å². The first-order valence-corrected chi connectivity index (χ1v) is 10.7. The van der Waals surface area contributed by atoms with Crippen LogP contribution in [0.4, 0.5) is 17.1 Å². The quantitative estimate of drug-likeness (QED) is 0.666. The minimum absolute atomic E-state index is 0.199. The Hall–Kier alpha value is -2.82. The maximum absolute atomic E-state index is 12.4. The molecule has 1 saturated heterocycles. The van der Waals surface area contributed by atoms with Gasteiger partial charge in [-0.2, -0.15) is 0 Å². The van der Waals surface area contributed by atoms with Gasteiger partial charge < -0.3 is 15.5 Å². The van der Waals surface area contributed by atoms with Gasteiger partial charge in [-0.3, -0.25) is 9.59 Å². The van der Waals surface area contributed by atoms with Crippen LogP contribution < -0.4 is 15.5 Å². The van der Waals surface area contributed by atoms with Crippen molar-refractivity contribution in [1.82, 2.24) is 0 Å². The Morgan fingerprint density at radius 2 is 1.41 bits per heavy atom. The fourth-order valence-electron chi connectivity index (χ4n) is 3.85. The highest BCUT2D eigenvalue weighted by atomic mass is 16.2. The summed E-state index contributed by atoms with van der Waals surface area (Å²) in [4.78, 5) is 27.1. The SMILES string of the molecule is CCc1cccc(CC)c1NC(=O)CC(=O)Nc1ccc(N2CCCCC2)cc1. The van der Waals surface area contributed by atoms with Crippen molar-refractivity contribution in [3.63, 3.8) is 0 Å². The lowest BCUT2D eigenvalue weighted by Gasteiger charge is -2.28. The highest BCUT2D eigenvalue weighted by Gasteiger charge is 2.14. The first kappa shape index (κ1) is 20.9. The van der Waals surface area contributed by atoms with Crippen LogP contribution in [0.2, 0.25) is 0 Å². The fourth-order valence-corrected chi connectivity index (χ4v) is 3.85. The van der Waals surface area contributed by atoms with E-state index in [9.17, 15) is 9.59 Å². The predicted octanol–water partition coefficient (Wildman–Crippen LogP) is 4.77. The van der Waals surface area contributed by atoms with Gasteiger partial charge in [0.05, 0.1) is 0 Å². The molecule has 2 aromatic rings. The molecule has 3 rings (SSSR count). The van der Waals surface area contributed by atoms with Gasteiger partial charge in [-0.1, -0.05) is 32.0 Å². The molecule has 154 valence electrons. The molecule has 2 amide bonds. The Labute approximate surface area is 173 Å². The molecule has 1 aliphatic rings. The molecule has 0 aromatic heterocycles. The Kier molecular flexibility index (Phi) is 7.28. The first-order chi connectivity index (χ1) is 14.1. The van der Waals surface area contributed by atoms with E-state index < -0.39 is 0 Å². The summed E-state index contributed by atoms with van der Waals surface area (Å²) in [6.45, 7) is 6.30. The van der Waals surface area contributed by atoms with Gasteiger partial charge in [0.1, 0.15) is 6.42 Å². The van der Waals surface area contributed by atoms with E-state index in [1.165, 1.54) is 24.9 Å². The molecule has 1 heterocycles. The maximum Gasteiger partial charge on any atom is 0.233 e. The molecule has 29 heavy (non-hydrogen) atoms. The normalized spacial score (nSPS) is 13.8. The third-order valence-electron chi connectivity index (χ3n) is 5.46. The molecule has 5 heteroatoms. The maximum atomic E-state index is 12.4. The van der Waals surface area contributed by atoms with E-state index in [1.54, 1.807) is 0 Å². The topological polar surface area (TPSA) is 61.4 Å². The van der Waals surface area contributed by atoms with Crippen molar-refractivity contribution in [2.45, 2.75) is 52.4 Å². The fraction of sp³-hybridized carbons (Fsp3) is 0.417. The third-order valence-corrected chi connectivity index (χ3v) is 5.46. The zero-order valence-electron chi connectivity index (χ0n) is 17.5. The number of aryl methyl sites for hydroxylation is 2. The summed E-state index contributed by atoms with van der Waals surface area (Å²) in [5.41, 5.74) is 4.93. The number of hydrogen-bond acceptors (Lipinski definition) is 3. The molecule has 0 aliphatic carbocycles. The Balaban J connectivity index is 1.56. The molecular formula is C24H31N3O2. The van der Waals surface area contributed by atoms with Crippen molar-refractivity contribution in [2.75, 3.05) is 28.6 Å². The molecule has 0 spiro atoms. The van der Waals surface area contributed by atoms with Gasteiger partial charge in [-0.15, -0.1) is 0 Å². The Morgan fingerprint density at radius 3 is 2.00 bits per heavy atom. The number of benzene rings is 2. The van der Waals surface area contributed by atoms with Crippen LogP contribution in [0.15, 0.2) is 42.5 Å². The number of carbonyl (C=O) groups is 2. The number of piperidine rings is 1. The van der Waals surface area contributed by atoms with Crippen molar-refractivity contribution >= 4 is 28.9 Å². The van der Waals surface area contributed by atoms with Crippen LogP contribution in [0.5, 0.6) is 0 Å². The average Bonchev–Trinajstić information content (AvgIpc) is 2.75. The molecule has 1 fully saturated rings. The van der Waals surface area contributed by atoms with E-state index in [4.69, 9.17) is 0 Å². The molecule has 2 aromatic carbocycles. The second-order valence-corrected chi connectivity index (χ2v) is 7.53. The summed E-state index contributed by atoms with van der Waals surface area (Å²) in [5.74, 6) is -0.594. The molecule has 1 aliphatic heterocycles. The standard InChI is InChI=1S/C24H31N3O2/c1-3-18-9-8-10-19(4-2)24(18)26-23(29)17-22(28)25-20-11-13-21(14-12-20)27-15-6-5-7-16-27/h8-14H,3-7,15-17H2,1-2H3,(H,25,28)(H,26,29). The van der Waals surface area contributed by atoms with E-state index in [-0.39, 0.29) is 18.2 Å². The van der Waals surface area contributed by atoms with Crippen molar-refractivity contribution in [2.24, 2.45) is 0 Å². The highest BCUT2D eigenvalue weighted by Crippen LogP contribution is 2.24. The van der Waals surface area contributed by atoms with Crippen LogP contribution in [0.3, 0.4) is 0 Å². The Morgan fingerprint density at radius 1 is 0.828 bits per heavy atom. The average molecular weight is 394 g/mol. The van der Waals surface area contributed by atoms with Gasteiger partial charge in [-0.25, -0.2) is 0 Å². The zero-order valence-corrected chi connectivity index (χ0v) is 17.5. The first-order valence-electron chi connectivity index (χ1n) is 10.7. The lowest BCUT2D eigenvalue weighted by molar-refractivity contribution is -0.123.